The summed E-state index contributed by atoms with van der Waals surface area (Å²) in [6.07, 6.45) is 0.0336. The molecule has 1 saturated heterocycles. The molecule has 0 aromatic heterocycles. The van der Waals surface area contributed by atoms with E-state index in [0.29, 0.717) is 12.2 Å². The molecule has 1 aliphatic rings. The van der Waals surface area contributed by atoms with E-state index in [1.54, 1.807) is 18.2 Å². The molecule has 102 valence electrons. The molecule has 4 nitrogen and oxygen atoms in total. The van der Waals surface area contributed by atoms with Gasteiger partial charge in [0, 0.05) is 13.1 Å². The molecule has 1 aliphatic heterocycles. The van der Waals surface area contributed by atoms with Crippen molar-refractivity contribution in [3.63, 3.8) is 0 Å². The van der Waals surface area contributed by atoms with Crippen LogP contribution in [-0.2, 0) is 4.74 Å². The Morgan fingerprint density at radius 1 is 1.58 bits per heavy atom. The van der Waals surface area contributed by atoms with Crippen molar-refractivity contribution in [1.82, 2.24) is 5.32 Å². The first-order valence-corrected chi connectivity index (χ1v) is 7.00. The van der Waals surface area contributed by atoms with Crippen molar-refractivity contribution < 1.29 is 9.47 Å². The third kappa shape index (κ3) is 3.93. The van der Waals surface area contributed by atoms with E-state index in [1.165, 1.54) is 0 Å². The Kier molecular flexibility index (Phi) is 4.46. The van der Waals surface area contributed by atoms with E-state index in [0.717, 1.165) is 23.3 Å². The van der Waals surface area contributed by atoms with E-state index < -0.39 is 0 Å². The van der Waals surface area contributed by atoms with Gasteiger partial charge in [0.15, 0.2) is 0 Å². The second-order valence-electron chi connectivity index (χ2n) is 5.20. The van der Waals surface area contributed by atoms with E-state index in [2.05, 4.69) is 41.2 Å². The predicted molar refractivity (Wildman–Crippen MR) is 76.2 cm³/mol. The van der Waals surface area contributed by atoms with Gasteiger partial charge < -0.3 is 14.8 Å². The molecule has 1 aromatic rings. The number of nitrogens with one attached hydrogen (secondary N) is 1. The number of hydrogen-bond acceptors (Lipinski definition) is 4. The van der Waals surface area contributed by atoms with Crippen molar-refractivity contribution in [3.05, 3.63) is 28.2 Å². The molecule has 0 amide bonds. The maximum absolute atomic E-state index is 8.80. The monoisotopic (exact) mass is 324 g/mol. The lowest BCUT2D eigenvalue weighted by atomic mass is 10.1. The molecule has 0 spiro atoms. The highest BCUT2D eigenvalue weighted by Crippen LogP contribution is 2.26. The van der Waals surface area contributed by atoms with Crippen molar-refractivity contribution in [2.45, 2.75) is 25.6 Å². The average molecular weight is 325 g/mol. The Labute approximate surface area is 121 Å². The van der Waals surface area contributed by atoms with Crippen molar-refractivity contribution in [1.29, 1.82) is 5.26 Å². The molecule has 0 radical (unpaired) electrons. The molecule has 1 unspecified atom stereocenters. The van der Waals surface area contributed by atoms with E-state index in [9.17, 15) is 0 Å². The van der Waals surface area contributed by atoms with Gasteiger partial charge in [0.1, 0.15) is 18.5 Å². The van der Waals surface area contributed by atoms with Crippen LogP contribution < -0.4 is 10.1 Å². The Balaban J connectivity index is 1.94. The standard InChI is InChI=1S/C14H17BrN2O2/c1-14(2)9-17-7-11(19-14)8-18-13-4-3-10(6-16)5-12(13)15/h3-5,11,17H,7-9H2,1-2H3. The molecule has 5 heteroatoms. The minimum atomic E-state index is -0.159. The first-order chi connectivity index (χ1) is 9.00. The summed E-state index contributed by atoms with van der Waals surface area (Å²) in [5.41, 5.74) is 0.449. The summed E-state index contributed by atoms with van der Waals surface area (Å²) in [4.78, 5) is 0. The minimum absolute atomic E-state index is 0.0336. The van der Waals surface area contributed by atoms with Gasteiger partial charge in [-0.1, -0.05) is 0 Å². The van der Waals surface area contributed by atoms with Crippen LogP contribution in [0.3, 0.4) is 0 Å². The predicted octanol–water partition coefficient (Wildman–Crippen LogP) is 2.47. The molecule has 1 heterocycles. The maximum atomic E-state index is 8.80. The summed E-state index contributed by atoms with van der Waals surface area (Å²) in [7, 11) is 0. The Hall–Kier alpha value is -1.09. The average Bonchev–Trinajstić information content (AvgIpc) is 2.36. The zero-order valence-electron chi connectivity index (χ0n) is 11.1. The molecule has 0 aliphatic carbocycles. The van der Waals surface area contributed by atoms with Crippen molar-refractivity contribution in [2.75, 3.05) is 19.7 Å². The number of ether oxygens (including phenoxy) is 2. The second-order valence-corrected chi connectivity index (χ2v) is 6.05. The van der Waals surface area contributed by atoms with Gasteiger partial charge in [0.05, 0.1) is 21.7 Å². The van der Waals surface area contributed by atoms with E-state index in [-0.39, 0.29) is 11.7 Å². The first-order valence-electron chi connectivity index (χ1n) is 6.21. The van der Waals surface area contributed by atoms with Crippen molar-refractivity contribution >= 4 is 15.9 Å². The number of morpholine rings is 1. The van der Waals surface area contributed by atoms with Gasteiger partial charge in [0.2, 0.25) is 0 Å². The Morgan fingerprint density at radius 3 is 3.00 bits per heavy atom. The van der Waals surface area contributed by atoms with Crippen LogP contribution in [0.25, 0.3) is 0 Å². The van der Waals surface area contributed by atoms with E-state index in [1.807, 2.05) is 0 Å². The lowest BCUT2D eigenvalue weighted by Gasteiger charge is -2.36. The molecular formula is C14H17BrN2O2. The zero-order valence-corrected chi connectivity index (χ0v) is 12.7. The van der Waals surface area contributed by atoms with Crippen LogP contribution in [0.5, 0.6) is 5.75 Å². The third-order valence-corrected chi connectivity index (χ3v) is 3.51. The Morgan fingerprint density at radius 2 is 2.37 bits per heavy atom. The third-order valence-electron chi connectivity index (χ3n) is 2.89. The highest BCUT2D eigenvalue weighted by atomic mass is 79.9. The topological polar surface area (TPSA) is 54.3 Å². The van der Waals surface area contributed by atoms with Gasteiger partial charge >= 0.3 is 0 Å². The molecule has 1 aromatic carbocycles. The number of halogens is 1. The minimum Gasteiger partial charge on any atom is -0.490 e. The summed E-state index contributed by atoms with van der Waals surface area (Å²) in [6, 6.07) is 7.38. The highest BCUT2D eigenvalue weighted by Gasteiger charge is 2.28. The SMILES string of the molecule is CC1(C)CNCC(COc2ccc(C#N)cc2Br)O1. The molecule has 0 bridgehead atoms. The second kappa shape index (κ2) is 5.91. The van der Waals surface area contributed by atoms with Gasteiger partial charge in [-0.3, -0.25) is 0 Å². The van der Waals surface area contributed by atoms with Gasteiger partial charge in [-0.05, 0) is 48.0 Å². The van der Waals surface area contributed by atoms with Crippen molar-refractivity contribution in [2.24, 2.45) is 0 Å². The molecule has 2 rings (SSSR count). The Bertz CT molecular complexity index is 497. The summed E-state index contributed by atoms with van der Waals surface area (Å²) in [6.45, 7) is 6.25. The molecule has 1 atom stereocenters. The van der Waals surface area contributed by atoms with Gasteiger partial charge in [-0.25, -0.2) is 0 Å². The summed E-state index contributed by atoms with van der Waals surface area (Å²) in [5.74, 6) is 0.728. The number of benzene rings is 1. The lowest BCUT2D eigenvalue weighted by molar-refractivity contribution is -0.107. The van der Waals surface area contributed by atoms with E-state index >= 15 is 0 Å². The summed E-state index contributed by atoms with van der Waals surface area (Å²) in [5, 5.41) is 12.1. The molecule has 1 fully saturated rings. The fraction of sp³-hybridized carbons (Fsp3) is 0.500. The van der Waals surface area contributed by atoms with E-state index in [4.69, 9.17) is 14.7 Å². The molecule has 0 saturated carbocycles. The quantitative estimate of drug-likeness (QED) is 0.928. The summed E-state index contributed by atoms with van der Waals surface area (Å²) >= 11 is 3.40. The van der Waals surface area contributed by atoms with Gasteiger partial charge in [-0.2, -0.15) is 5.26 Å². The molecular weight excluding hydrogens is 308 g/mol. The largest absolute Gasteiger partial charge is 0.490 e. The van der Waals surface area contributed by atoms with Crippen LogP contribution in [0.4, 0.5) is 0 Å². The lowest BCUT2D eigenvalue weighted by Crippen LogP contribution is -2.52. The van der Waals surface area contributed by atoms with Crippen LogP contribution in [0.1, 0.15) is 19.4 Å². The molecule has 19 heavy (non-hydrogen) atoms. The highest BCUT2D eigenvalue weighted by molar-refractivity contribution is 9.10. The number of rotatable bonds is 3. The van der Waals surface area contributed by atoms with Crippen molar-refractivity contribution in [3.8, 4) is 11.8 Å². The van der Waals surface area contributed by atoms with Crippen LogP contribution in [0.2, 0.25) is 0 Å². The zero-order chi connectivity index (χ0) is 13.9. The fourth-order valence-electron chi connectivity index (χ4n) is 2.03. The van der Waals surface area contributed by atoms with Crippen LogP contribution in [0.15, 0.2) is 22.7 Å². The maximum Gasteiger partial charge on any atom is 0.133 e. The first kappa shape index (κ1) is 14.3. The van der Waals surface area contributed by atoms with Crippen LogP contribution in [-0.4, -0.2) is 31.4 Å². The summed E-state index contributed by atoms with van der Waals surface area (Å²) < 4.78 is 12.5. The van der Waals surface area contributed by atoms with Crippen LogP contribution in [0, 0.1) is 11.3 Å². The number of nitriles is 1. The molecule has 1 N–H and O–H groups in total. The normalized spacial score (nSPS) is 21.7. The fourth-order valence-corrected chi connectivity index (χ4v) is 2.53. The smallest absolute Gasteiger partial charge is 0.133 e. The number of nitrogens with zero attached hydrogens (tertiary/aromatic N) is 1. The number of hydrogen-bond donors (Lipinski definition) is 1. The van der Waals surface area contributed by atoms with Gasteiger partial charge in [-0.15, -0.1) is 0 Å². The van der Waals surface area contributed by atoms with Crippen LogP contribution >= 0.6 is 15.9 Å². The van der Waals surface area contributed by atoms with Gasteiger partial charge in [0.25, 0.3) is 0 Å².